The first kappa shape index (κ1) is 26.7. The minimum atomic E-state index is -1.06. The number of amides is 1. The lowest BCUT2D eigenvalue weighted by Gasteiger charge is -2.23. The number of aliphatic hydroxyl groups is 1. The first-order valence-electron chi connectivity index (χ1n) is 11.7. The summed E-state index contributed by atoms with van der Waals surface area (Å²) in [5.74, 6) is -1.38. The topological polar surface area (TPSA) is 139 Å². The third-order valence-corrected chi connectivity index (χ3v) is 9.27. The molecule has 1 N–H and O–H groups in total. The van der Waals surface area contributed by atoms with Crippen molar-refractivity contribution in [1.29, 1.82) is 0 Å². The monoisotopic (exact) mass is 579 g/mol. The van der Waals surface area contributed by atoms with Crippen LogP contribution < -0.4 is 4.90 Å². The number of ketones is 1. The number of aryl methyl sites for hydroxylation is 3. The van der Waals surface area contributed by atoms with Gasteiger partial charge < -0.3 is 5.11 Å². The Morgan fingerprint density at radius 1 is 1.08 bits per heavy atom. The van der Waals surface area contributed by atoms with Crippen LogP contribution in [0.4, 0.5) is 10.8 Å². The van der Waals surface area contributed by atoms with Crippen LogP contribution in [-0.2, 0) is 10.5 Å². The number of rotatable bonds is 8. The molecule has 1 amide bonds. The Bertz CT molecular complexity index is 1630. The fraction of sp³-hybridized carbons (Fsp3) is 0.192. The van der Waals surface area contributed by atoms with Crippen molar-refractivity contribution in [3.63, 3.8) is 0 Å². The van der Waals surface area contributed by atoms with Gasteiger partial charge in [-0.05, 0) is 44.0 Å². The van der Waals surface area contributed by atoms with Gasteiger partial charge in [0.05, 0.1) is 32.1 Å². The number of nitrogens with zero attached hydrogens (tertiary/aromatic N) is 5. The van der Waals surface area contributed by atoms with E-state index in [4.69, 9.17) is 0 Å². The maximum atomic E-state index is 13.7. The van der Waals surface area contributed by atoms with Crippen LogP contribution in [-0.4, -0.2) is 36.9 Å². The number of benzene rings is 2. The molecule has 0 fully saturated rings. The van der Waals surface area contributed by atoms with Crippen LogP contribution >= 0.6 is 34.4 Å². The number of Topliss-reactive ketones (excluding diaryl/α,β-unsaturated/α-hetero) is 1. The summed E-state index contributed by atoms with van der Waals surface area (Å²) in [6.45, 7) is 5.47. The van der Waals surface area contributed by atoms with Gasteiger partial charge in [0, 0.05) is 17.9 Å². The van der Waals surface area contributed by atoms with E-state index >= 15 is 0 Å². The molecule has 3 heterocycles. The Hall–Kier alpha value is -3.94. The van der Waals surface area contributed by atoms with E-state index < -0.39 is 28.4 Å². The number of hydrogen-bond acceptors (Lipinski definition) is 11. The van der Waals surface area contributed by atoms with Crippen molar-refractivity contribution in [2.75, 3.05) is 4.90 Å². The van der Waals surface area contributed by atoms with Crippen molar-refractivity contribution in [1.82, 2.24) is 15.2 Å². The molecule has 2 aromatic heterocycles. The van der Waals surface area contributed by atoms with E-state index in [1.807, 2.05) is 31.2 Å². The third kappa shape index (κ3) is 5.20. The largest absolute Gasteiger partial charge is 0.503 e. The van der Waals surface area contributed by atoms with Gasteiger partial charge in [-0.3, -0.25) is 24.6 Å². The van der Waals surface area contributed by atoms with Gasteiger partial charge in [0.25, 0.3) is 11.6 Å². The van der Waals surface area contributed by atoms with E-state index in [2.05, 4.69) is 15.2 Å². The quantitative estimate of drug-likeness (QED) is 0.0888. The Labute approximate surface area is 235 Å². The van der Waals surface area contributed by atoms with Gasteiger partial charge in [0.2, 0.25) is 10.9 Å². The summed E-state index contributed by atoms with van der Waals surface area (Å²) in [4.78, 5) is 43.6. The number of hydrogen-bond donors (Lipinski definition) is 1. The van der Waals surface area contributed by atoms with E-state index in [0.29, 0.717) is 31.2 Å². The molecule has 0 bridgehead atoms. The molecule has 5 rings (SSSR count). The number of nitro benzene ring substituents is 1. The van der Waals surface area contributed by atoms with E-state index in [0.717, 1.165) is 22.5 Å². The van der Waals surface area contributed by atoms with E-state index in [9.17, 15) is 24.8 Å². The Morgan fingerprint density at radius 2 is 1.77 bits per heavy atom. The second-order valence-corrected chi connectivity index (χ2v) is 12.2. The number of carbonyl (C=O) groups excluding carboxylic acids is 2. The van der Waals surface area contributed by atoms with Gasteiger partial charge in [-0.1, -0.05) is 52.9 Å². The highest BCUT2D eigenvalue weighted by atomic mass is 32.2. The van der Waals surface area contributed by atoms with Crippen LogP contribution in [0, 0.1) is 30.9 Å². The average molecular weight is 580 g/mol. The van der Waals surface area contributed by atoms with E-state index in [-0.39, 0.29) is 16.4 Å². The SMILES string of the molecule is Cc1ccc(CSc2nnc(N3C(=O)C(O)=C(C(=O)c4sc(C)nc4C)C3c3ccc([N+](=O)[O-])cc3)s2)cc1. The average Bonchev–Trinajstić information content (AvgIpc) is 3.59. The molecule has 198 valence electrons. The molecule has 0 saturated carbocycles. The molecule has 1 unspecified atom stereocenters. The van der Waals surface area contributed by atoms with Crippen LogP contribution in [0.25, 0.3) is 0 Å². The minimum absolute atomic E-state index is 0.135. The van der Waals surface area contributed by atoms with Gasteiger partial charge in [0.15, 0.2) is 10.1 Å². The lowest BCUT2D eigenvalue weighted by atomic mass is 9.95. The molecule has 4 aromatic rings. The number of aromatic nitrogens is 3. The molecular weight excluding hydrogens is 559 g/mol. The number of anilines is 1. The van der Waals surface area contributed by atoms with Gasteiger partial charge in [0.1, 0.15) is 0 Å². The Kier molecular flexibility index (Phi) is 7.30. The van der Waals surface area contributed by atoms with Crippen LogP contribution in [0.3, 0.4) is 0 Å². The molecular formula is C26H21N5O5S3. The first-order chi connectivity index (χ1) is 18.6. The zero-order valence-electron chi connectivity index (χ0n) is 20.9. The van der Waals surface area contributed by atoms with Gasteiger partial charge in [-0.25, -0.2) is 4.98 Å². The fourth-order valence-electron chi connectivity index (χ4n) is 4.18. The number of carbonyl (C=O) groups is 2. The summed E-state index contributed by atoms with van der Waals surface area (Å²) in [7, 11) is 0. The molecule has 1 aliphatic rings. The molecule has 10 nitrogen and oxygen atoms in total. The van der Waals surface area contributed by atoms with Crippen LogP contribution in [0.1, 0.15) is 43.1 Å². The predicted molar refractivity (Wildman–Crippen MR) is 150 cm³/mol. The molecule has 39 heavy (non-hydrogen) atoms. The molecule has 2 aromatic carbocycles. The number of aliphatic hydroxyl groups excluding tert-OH is 1. The number of thioether (sulfide) groups is 1. The van der Waals surface area contributed by atoms with E-state index in [1.165, 1.54) is 52.3 Å². The van der Waals surface area contributed by atoms with Crippen molar-refractivity contribution in [2.45, 2.75) is 36.9 Å². The first-order valence-corrected chi connectivity index (χ1v) is 14.3. The van der Waals surface area contributed by atoms with Crippen molar-refractivity contribution >= 4 is 56.9 Å². The zero-order valence-corrected chi connectivity index (χ0v) is 23.4. The van der Waals surface area contributed by atoms with Crippen LogP contribution in [0.5, 0.6) is 0 Å². The van der Waals surface area contributed by atoms with Gasteiger partial charge in [-0.2, -0.15) is 0 Å². The van der Waals surface area contributed by atoms with Crippen molar-refractivity contribution < 1.29 is 19.6 Å². The highest BCUT2D eigenvalue weighted by Crippen LogP contribution is 2.44. The summed E-state index contributed by atoms with van der Waals surface area (Å²) in [5, 5.41) is 31.5. The molecule has 0 radical (unpaired) electrons. The van der Waals surface area contributed by atoms with Crippen molar-refractivity contribution in [3.8, 4) is 0 Å². The van der Waals surface area contributed by atoms with Crippen LogP contribution in [0.15, 0.2) is 64.2 Å². The fourth-order valence-corrected chi connectivity index (χ4v) is 6.88. The number of thiazole rings is 1. The second-order valence-electron chi connectivity index (χ2n) is 8.79. The number of non-ortho nitro benzene ring substituents is 1. The molecule has 0 spiro atoms. The Morgan fingerprint density at radius 3 is 2.38 bits per heavy atom. The molecule has 1 aliphatic heterocycles. The van der Waals surface area contributed by atoms with Crippen LogP contribution in [0.2, 0.25) is 0 Å². The Balaban J connectivity index is 1.51. The third-order valence-electron chi connectivity index (χ3n) is 6.07. The normalized spacial score (nSPS) is 15.3. The minimum Gasteiger partial charge on any atom is -0.503 e. The summed E-state index contributed by atoms with van der Waals surface area (Å²) < 4.78 is 0.606. The zero-order chi connectivity index (χ0) is 27.8. The standard InChI is InChI=1S/C26H21N5O5S3/c1-13-4-6-16(7-5-13)12-37-26-29-28-25(39-26)30-20(17-8-10-18(11-9-17)31(35)36)19(22(33)24(30)34)21(32)23-14(2)27-15(3)38-23/h4-11,20,33H,12H2,1-3H3. The molecule has 0 aliphatic carbocycles. The van der Waals surface area contributed by atoms with Crippen molar-refractivity contribution in [2.24, 2.45) is 0 Å². The highest BCUT2D eigenvalue weighted by Gasteiger charge is 2.46. The maximum absolute atomic E-state index is 13.7. The predicted octanol–water partition coefficient (Wildman–Crippen LogP) is 5.90. The van der Waals surface area contributed by atoms with Gasteiger partial charge in [-0.15, -0.1) is 21.5 Å². The maximum Gasteiger partial charge on any atom is 0.296 e. The summed E-state index contributed by atoms with van der Waals surface area (Å²) in [5.41, 5.74) is 2.88. The molecule has 1 atom stereocenters. The number of nitro groups is 1. The highest BCUT2D eigenvalue weighted by molar-refractivity contribution is 8.00. The van der Waals surface area contributed by atoms with Gasteiger partial charge >= 0.3 is 0 Å². The summed E-state index contributed by atoms with van der Waals surface area (Å²) >= 11 is 3.78. The molecule has 0 saturated heterocycles. The van der Waals surface area contributed by atoms with Crippen molar-refractivity contribution in [3.05, 3.63) is 102 Å². The van der Waals surface area contributed by atoms with E-state index in [1.54, 1.807) is 13.8 Å². The molecule has 13 heteroatoms. The summed E-state index contributed by atoms with van der Waals surface area (Å²) in [6, 6.07) is 12.6. The smallest absolute Gasteiger partial charge is 0.296 e. The second kappa shape index (κ2) is 10.7. The lowest BCUT2D eigenvalue weighted by Crippen LogP contribution is -2.31. The summed E-state index contributed by atoms with van der Waals surface area (Å²) in [6.07, 6.45) is 0. The lowest BCUT2D eigenvalue weighted by molar-refractivity contribution is -0.384.